The van der Waals surface area contributed by atoms with Gasteiger partial charge in [0.15, 0.2) is 0 Å². The topological polar surface area (TPSA) is 32.8 Å². The first-order chi connectivity index (χ1) is 8.77. The summed E-state index contributed by atoms with van der Waals surface area (Å²) in [7, 11) is 0. The Morgan fingerprint density at radius 1 is 1.21 bits per heavy atom. The smallest absolute Gasteiger partial charge is 0.251 e. The van der Waals surface area contributed by atoms with E-state index in [2.05, 4.69) is 0 Å². The van der Waals surface area contributed by atoms with Crippen LogP contribution in [0.4, 0.5) is 8.78 Å². The quantitative estimate of drug-likeness (QED) is 0.763. The molecule has 2 aliphatic heterocycles. The van der Waals surface area contributed by atoms with Crippen molar-refractivity contribution in [2.75, 3.05) is 39.3 Å². The van der Waals surface area contributed by atoms with E-state index in [1.54, 1.807) is 4.90 Å². The number of ether oxygens (including phenoxy) is 1. The molecule has 4 nitrogen and oxygen atoms in total. The minimum atomic E-state index is -2.60. The molecule has 0 atom stereocenters. The maximum absolute atomic E-state index is 13.0. The first-order valence-electron chi connectivity index (χ1n) is 6.79. The lowest BCUT2D eigenvalue weighted by atomic mass is 10.1. The number of amides is 1. The van der Waals surface area contributed by atoms with Gasteiger partial charge in [0.25, 0.3) is 5.92 Å². The Hall–Kier alpha value is -0.750. The van der Waals surface area contributed by atoms with Crippen LogP contribution in [0.2, 0.25) is 0 Å². The van der Waals surface area contributed by atoms with Crippen LogP contribution in [0, 0.1) is 0 Å². The minimum absolute atomic E-state index is 0.0480. The highest BCUT2D eigenvalue weighted by atomic mass is 19.3. The van der Waals surface area contributed by atoms with E-state index >= 15 is 0 Å². The third-order valence-electron chi connectivity index (χ3n) is 3.71. The average molecular weight is 276 g/mol. The highest BCUT2D eigenvalue weighted by Crippen LogP contribution is 2.27. The normalized spacial score (nSPS) is 27.3. The molecule has 0 radical (unpaired) electrons. The van der Waals surface area contributed by atoms with Crippen molar-refractivity contribution in [1.29, 1.82) is 0 Å². The number of hydrogen-bond donors (Lipinski definition) is 0. The molecule has 0 spiro atoms. The van der Waals surface area contributed by atoms with Gasteiger partial charge in [0, 0.05) is 39.0 Å². The van der Waals surface area contributed by atoms with E-state index < -0.39 is 5.92 Å². The van der Waals surface area contributed by atoms with Crippen LogP contribution in [-0.2, 0) is 9.53 Å². The first-order valence-corrected chi connectivity index (χ1v) is 6.79. The molecule has 0 aromatic heterocycles. The number of hydrogen-bond acceptors (Lipinski definition) is 3. The molecular formula is C13H22F2N2O2. The molecule has 6 heteroatoms. The molecule has 110 valence electrons. The summed E-state index contributed by atoms with van der Waals surface area (Å²) in [4.78, 5) is 15.7. The number of likely N-dealkylation sites (tertiary alicyclic amines) is 1. The van der Waals surface area contributed by atoms with Gasteiger partial charge in [-0.3, -0.25) is 9.69 Å². The zero-order valence-corrected chi connectivity index (χ0v) is 11.6. The summed E-state index contributed by atoms with van der Waals surface area (Å²) in [6.07, 6.45) is -0.430. The van der Waals surface area contributed by atoms with Crippen LogP contribution in [0.3, 0.4) is 0 Å². The Labute approximate surface area is 112 Å². The molecule has 0 bridgehead atoms. The maximum Gasteiger partial charge on any atom is 0.251 e. The number of carbonyl (C=O) groups is 1. The molecular weight excluding hydrogens is 254 g/mol. The van der Waals surface area contributed by atoms with Crippen molar-refractivity contribution in [3.8, 4) is 0 Å². The van der Waals surface area contributed by atoms with Gasteiger partial charge in [-0.2, -0.15) is 0 Å². The van der Waals surface area contributed by atoms with E-state index in [4.69, 9.17) is 4.74 Å². The van der Waals surface area contributed by atoms with E-state index in [1.807, 2.05) is 18.7 Å². The summed E-state index contributed by atoms with van der Waals surface area (Å²) in [5.41, 5.74) is -0.243. The van der Waals surface area contributed by atoms with Crippen molar-refractivity contribution in [3.05, 3.63) is 0 Å². The van der Waals surface area contributed by atoms with Gasteiger partial charge < -0.3 is 9.64 Å². The monoisotopic (exact) mass is 276 g/mol. The zero-order chi connectivity index (χ0) is 14.1. The Bertz CT molecular complexity index is 338. The van der Waals surface area contributed by atoms with Crippen LogP contribution in [0.15, 0.2) is 0 Å². The van der Waals surface area contributed by atoms with Crippen LogP contribution in [0.5, 0.6) is 0 Å². The Morgan fingerprint density at radius 2 is 1.84 bits per heavy atom. The zero-order valence-electron chi connectivity index (χ0n) is 11.6. The lowest BCUT2D eigenvalue weighted by Gasteiger charge is -2.39. The standard InChI is InChI=1S/C13H22F2N2O2/c1-12(2)10-16(7-8-19-12)9-11(18)17-5-3-13(14,15)4-6-17/h3-10H2,1-2H3. The van der Waals surface area contributed by atoms with Gasteiger partial charge in [0.1, 0.15) is 0 Å². The Morgan fingerprint density at radius 3 is 2.42 bits per heavy atom. The number of halogens is 2. The fourth-order valence-electron chi connectivity index (χ4n) is 2.62. The molecule has 2 heterocycles. The largest absolute Gasteiger partial charge is 0.373 e. The number of morpholine rings is 1. The number of piperidine rings is 1. The lowest BCUT2D eigenvalue weighted by Crippen LogP contribution is -2.53. The molecule has 0 aromatic rings. The summed E-state index contributed by atoms with van der Waals surface area (Å²) >= 11 is 0. The third-order valence-corrected chi connectivity index (χ3v) is 3.71. The molecule has 2 aliphatic rings. The summed E-state index contributed by atoms with van der Waals surface area (Å²) in [6, 6.07) is 0. The third kappa shape index (κ3) is 4.11. The predicted octanol–water partition coefficient (Wildman–Crippen LogP) is 1.35. The second-order valence-corrected chi connectivity index (χ2v) is 6.06. The number of nitrogens with zero attached hydrogens (tertiary/aromatic N) is 2. The fraction of sp³-hybridized carbons (Fsp3) is 0.923. The van der Waals surface area contributed by atoms with Crippen LogP contribution in [0.1, 0.15) is 26.7 Å². The van der Waals surface area contributed by atoms with E-state index in [1.165, 1.54) is 0 Å². The van der Waals surface area contributed by atoms with Gasteiger partial charge in [-0.25, -0.2) is 8.78 Å². The molecule has 19 heavy (non-hydrogen) atoms. The second kappa shape index (κ2) is 5.32. The molecule has 1 amide bonds. The van der Waals surface area contributed by atoms with Crippen molar-refractivity contribution >= 4 is 5.91 Å². The van der Waals surface area contributed by atoms with Crippen molar-refractivity contribution in [1.82, 2.24) is 9.80 Å². The first kappa shape index (κ1) is 14.7. The molecule has 0 unspecified atom stereocenters. The average Bonchev–Trinajstić information content (AvgIpc) is 2.27. The van der Waals surface area contributed by atoms with Gasteiger partial charge in [-0.1, -0.05) is 0 Å². The van der Waals surface area contributed by atoms with Crippen LogP contribution >= 0.6 is 0 Å². The van der Waals surface area contributed by atoms with Crippen LogP contribution in [-0.4, -0.2) is 66.6 Å². The number of rotatable bonds is 2. The van der Waals surface area contributed by atoms with Crippen LogP contribution < -0.4 is 0 Å². The van der Waals surface area contributed by atoms with Gasteiger partial charge in [0.2, 0.25) is 5.91 Å². The molecule has 0 aromatic carbocycles. The van der Waals surface area contributed by atoms with Crippen molar-refractivity contribution in [2.45, 2.75) is 38.2 Å². The lowest BCUT2D eigenvalue weighted by molar-refractivity contribution is -0.142. The van der Waals surface area contributed by atoms with Gasteiger partial charge in [0.05, 0.1) is 18.8 Å². The maximum atomic E-state index is 13.0. The summed E-state index contributed by atoms with van der Waals surface area (Å²) in [5.74, 6) is -2.65. The molecule has 2 rings (SSSR count). The molecule has 0 N–H and O–H groups in total. The second-order valence-electron chi connectivity index (χ2n) is 6.06. The SMILES string of the molecule is CC1(C)CN(CC(=O)N2CCC(F)(F)CC2)CCO1. The van der Waals surface area contributed by atoms with E-state index in [9.17, 15) is 13.6 Å². The minimum Gasteiger partial charge on any atom is -0.373 e. The van der Waals surface area contributed by atoms with Gasteiger partial charge in [-0.15, -0.1) is 0 Å². The fourth-order valence-corrected chi connectivity index (χ4v) is 2.62. The predicted molar refractivity (Wildman–Crippen MR) is 67.2 cm³/mol. The van der Waals surface area contributed by atoms with Crippen LogP contribution in [0.25, 0.3) is 0 Å². The van der Waals surface area contributed by atoms with E-state index in [-0.39, 0.29) is 37.4 Å². The summed E-state index contributed by atoms with van der Waals surface area (Å²) < 4.78 is 31.7. The Balaban J connectivity index is 1.81. The van der Waals surface area contributed by atoms with Crippen molar-refractivity contribution in [2.24, 2.45) is 0 Å². The van der Waals surface area contributed by atoms with E-state index in [0.717, 1.165) is 6.54 Å². The van der Waals surface area contributed by atoms with Gasteiger partial charge in [-0.05, 0) is 13.8 Å². The van der Waals surface area contributed by atoms with Gasteiger partial charge >= 0.3 is 0 Å². The molecule has 2 saturated heterocycles. The highest BCUT2D eigenvalue weighted by Gasteiger charge is 2.36. The number of carbonyl (C=O) groups excluding carboxylic acids is 1. The highest BCUT2D eigenvalue weighted by molar-refractivity contribution is 5.78. The summed E-state index contributed by atoms with van der Waals surface area (Å²) in [5, 5.41) is 0. The number of alkyl halides is 2. The van der Waals surface area contributed by atoms with Crippen molar-refractivity contribution in [3.63, 3.8) is 0 Å². The van der Waals surface area contributed by atoms with E-state index in [0.29, 0.717) is 19.7 Å². The Kier molecular flexibility index (Phi) is 4.11. The molecule has 0 saturated carbocycles. The molecule has 2 fully saturated rings. The molecule has 0 aliphatic carbocycles. The van der Waals surface area contributed by atoms with Crippen molar-refractivity contribution < 1.29 is 18.3 Å². The summed E-state index contributed by atoms with van der Waals surface area (Å²) in [6.45, 7) is 6.65.